The molecule has 0 amide bonds. The first-order valence-corrected chi connectivity index (χ1v) is 6.28. The van der Waals surface area contributed by atoms with Crippen molar-refractivity contribution in [2.75, 3.05) is 27.3 Å². The van der Waals surface area contributed by atoms with Gasteiger partial charge in [0, 0.05) is 25.3 Å². The Morgan fingerprint density at radius 1 is 1.47 bits per heavy atom. The minimum absolute atomic E-state index is 0.434. The van der Waals surface area contributed by atoms with E-state index in [4.69, 9.17) is 9.72 Å². The van der Waals surface area contributed by atoms with Gasteiger partial charge in [0.25, 0.3) is 0 Å². The fourth-order valence-corrected chi connectivity index (χ4v) is 2.16. The predicted octanol–water partition coefficient (Wildman–Crippen LogP) is 1.60. The minimum Gasteiger partial charge on any atom is -0.381 e. The maximum Gasteiger partial charge on any atom is 0.0765 e. The Bertz CT molecular complexity index is 373. The number of nitrogens with zero attached hydrogens (tertiary/aromatic N) is 3. The lowest BCUT2D eigenvalue weighted by Gasteiger charge is -2.16. The van der Waals surface area contributed by atoms with Crippen LogP contribution in [0.5, 0.6) is 0 Å². The molecule has 0 spiro atoms. The van der Waals surface area contributed by atoms with Crippen molar-refractivity contribution in [1.29, 1.82) is 0 Å². The number of aromatic nitrogens is 2. The molecule has 1 aliphatic heterocycles. The van der Waals surface area contributed by atoms with E-state index in [1.807, 2.05) is 6.20 Å². The number of aryl methyl sites for hydroxylation is 1. The van der Waals surface area contributed by atoms with Gasteiger partial charge in [-0.15, -0.1) is 0 Å². The van der Waals surface area contributed by atoms with E-state index in [1.165, 1.54) is 0 Å². The van der Waals surface area contributed by atoms with E-state index in [1.54, 1.807) is 0 Å². The summed E-state index contributed by atoms with van der Waals surface area (Å²) < 4.78 is 5.45. The quantitative estimate of drug-likeness (QED) is 0.794. The van der Waals surface area contributed by atoms with Crippen LogP contribution in [0.25, 0.3) is 0 Å². The van der Waals surface area contributed by atoms with Crippen molar-refractivity contribution in [1.82, 2.24) is 14.9 Å². The maximum atomic E-state index is 5.45. The normalized spacial score (nSPS) is 20.1. The molecule has 0 N–H and O–H groups in total. The monoisotopic (exact) mass is 235 g/mol. The first kappa shape index (κ1) is 12.5. The van der Waals surface area contributed by atoms with Gasteiger partial charge in [-0.25, -0.2) is 0 Å². The summed E-state index contributed by atoms with van der Waals surface area (Å²) in [7, 11) is 4.13. The Morgan fingerprint density at radius 2 is 2.29 bits per heavy atom. The molecule has 4 heteroatoms. The lowest BCUT2D eigenvalue weighted by Crippen LogP contribution is -2.17. The first-order valence-electron chi connectivity index (χ1n) is 6.28. The van der Waals surface area contributed by atoms with Gasteiger partial charge < -0.3 is 9.64 Å². The number of hydrogen-bond acceptors (Lipinski definition) is 4. The Hall–Kier alpha value is -1.00. The zero-order chi connectivity index (χ0) is 12.3. The molecule has 1 atom stereocenters. The zero-order valence-electron chi connectivity index (χ0n) is 10.9. The van der Waals surface area contributed by atoms with Gasteiger partial charge in [0.1, 0.15) is 0 Å². The fraction of sp³-hybridized carbons (Fsp3) is 0.692. The average Bonchev–Trinajstić information content (AvgIpc) is 2.81. The summed E-state index contributed by atoms with van der Waals surface area (Å²) in [6.07, 6.45) is 3.92. The predicted molar refractivity (Wildman–Crippen MR) is 67.0 cm³/mol. The van der Waals surface area contributed by atoms with Crippen LogP contribution in [0.2, 0.25) is 0 Å². The molecular weight excluding hydrogens is 214 g/mol. The number of rotatable bonds is 4. The molecule has 0 aromatic carbocycles. The standard InChI is InChI=1S/C13H21N3O/c1-4-11-7-14-13(10-5-6-17-9-10)12(15-11)8-16(2)3/h7,10H,4-6,8-9H2,1-3H3/t10-/m1/s1. The Morgan fingerprint density at radius 3 is 2.88 bits per heavy atom. The summed E-state index contributed by atoms with van der Waals surface area (Å²) >= 11 is 0. The van der Waals surface area contributed by atoms with Crippen molar-refractivity contribution < 1.29 is 4.74 Å². The van der Waals surface area contributed by atoms with E-state index in [-0.39, 0.29) is 0 Å². The Balaban J connectivity index is 2.28. The van der Waals surface area contributed by atoms with Crippen LogP contribution in [-0.4, -0.2) is 42.2 Å². The highest BCUT2D eigenvalue weighted by atomic mass is 16.5. The number of hydrogen-bond donors (Lipinski definition) is 0. The van der Waals surface area contributed by atoms with E-state index in [0.717, 1.165) is 49.7 Å². The summed E-state index contributed by atoms with van der Waals surface area (Å²) in [6.45, 7) is 4.61. The van der Waals surface area contributed by atoms with Crippen molar-refractivity contribution in [3.8, 4) is 0 Å². The maximum absolute atomic E-state index is 5.45. The van der Waals surface area contributed by atoms with E-state index >= 15 is 0 Å². The lowest BCUT2D eigenvalue weighted by molar-refractivity contribution is 0.193. The largest absolute Gasteiger partial charge is 0.381 e. The topological polar surface area (TPSA) is 38.2 Å². The molecule has 2 rings (SSSR count). The van der Waals surface area contributed by atoms with Crippen LogP contribution >= 0.6 is 0 Å². The molecule has 4 nitrogen and oxygen atoms in total. The van der Waals surface area contributed by atoms with Gasteiger partial charge >= 0.3 is 0 Å². The van der Waals surface area contributed by atoms with Crippen LogP contribution in [0.15, 0.2) is 6.20 Å². The molecule has 0 radical (unpaired) electrons. The molecule has 1 aromatic rings. The molecule has 0 aliphatic carbocycles. The van der Waals surface area contributed by atoms with Crippen molar-refractivity contribution in [3.05, 3.63) is 23.3 Å². The third-order valence-electron chi connectivity index (χ3n) is 3.07. The molecule has 1 fully saturated rings. The second-order valence-electron chi connectivity index (χ2n) is 4.85. The lowest BCUT2D eigenvalue weighted by atomic mass is 10.0. The third-order valence-corrected chi connectivity index (χ3v) is 3.07. The van der Waals surface area contributed by atoms with Crippen molar-refractivity contribution in [2.24, 2.45) is 0 Å². The van der Waals surface area contributed by atoms with Gasteiger partial charge in [-0.05, 0) is 26.9 Å². The van der Waals surface area contributed by atoms with Crippen LogP contribution in [0.4, 0.5) is 0 Å². The van der Waals surface area contributed by atoms with Crippen LogP contribution in [0.3, 0.4) is 0 Å². The van der Waals surface area contributed by atoms with Crippen LogP contribution in [0, 0.1) is 0 Å². The zero-order valence-corrected chi connectivity index (χ0v) is 10.9. The molecule has 1 aliphatic rings. The van der Waals surface area contributed by atoms with Crippen LogP contribution in [-0.2, 0) is 17.7 Å². The van der Waals surface area contributed by atoms with E-state index in [0.29, 0.717) is 5.92 Å². The molecule has 1 saturated heterocycles. The smallest absolute Gasteiger partial charge is 0.0765 e. The Kier molecular flexibility index (Phi) is 4.07. The van der Waals surface area contributed by atoms with Gasteiger partial charge in [0.2, 0.25) is 0 Å². The molecular formula is C13H21N3O. The highest BCUT2D eigenvalue weighted by Crippen LogP contribution is 2.26. The van der Waals surface area contributed by atoms with Gasteiger partial charge in [-0.2, -0.15) is 0 Å². The van der Waals surface area contributed by atoms with Gasteiger partial charge in [0.05, 0.1) is 23.7 Å². The molecule has 0 bridgehead atoms. The molecule has 0 saturated carbocycles. The summed E-state index contributed by atoms with van der Waals surface area (Å²) in [4.78, 5) is 11.5. The summed E-state index contributed by atoms with van der Waals surface area (Å²) in [5.41, 5.74) is 3.32. The highest BCUT2D eigenvalue weighted by Gasteiger charge is 2.23. The average molecular weight is 235 g/mol. The fourth-order valence-electron chi connectivity index (χ4n) is 2.16. The minimum atomic E-state index is 0.434. The second kappa shape index (κ2) is 5.56. The number of ether oxygens (including phenoxy) is 1. The third kappa shape index (κ3) is 3.01. The Labute approximate surface area is 103 Å². The van der Waals surface area contributed by atoms with Crippen LogP contribution < -0.4 is 0 Å². The van der Waals surface area contributed by atoms with Gasteiger partial charge in [0.15, 0.2) is 0 Å². The van der Waals surface area contributed by atoms with Gasteiger partial charge in [-0.1, -0.05) is 6.92 Å². The molecule has 1 aromatic heterocycles. The van der Waals surface area contributed by atoms with Gasteiger partial charge in [-0.3, -0.25) is 9.97 Å². The second-order valence-corrected chi connectivity index (χ2v) is 4.85. The summed E-state index contributed by atoms with van der Waals surface area (Å²) in [5, 5.41) is 0. The molecule has 94 valence electrons. The van der Waals surface area contributed by atoms with Crippen molar-refractivity contribution >= 4 is 0 Å². The molecule has 0 unspecified atom stereocenters. The van der Waals surface area contributed by atoms with Crippen molar-refractivity contribution in [3.63, 3.8) is 0 Å². The van der Waals surface area contributed by atoms with Crippen molar-refractivity contribution in [2.45, 2.75) is 32.2 Å². The highest BCUT2D eigenvalue weighted by molar-refractivity contribution is 5.19. The molecule has 17 heavy (non-hydrogen) atoms. The SMILES string of the molecule is CCc1cnc([C@@H]2CCOC2)c(CN(C)C)n1. The summed E-state index contributed by atoms with van der Waals surface area (Å²) in [6, 6.07) is 0. The van der Waals surface area contributed by atoms with Crippen LogP contribution in [0.1, 0.15) is 36.3 Å². The summed E-state index contributed by atoms with van der Waals surface area (Å²) in [5.74, 6) is 0.434. The van der Waals surface area contributed by atoms with E-state index in [9.17, 15) is 0 Å². The van der Waals surface area contributed by atoms with E-state index < -0.39 is 0 Å². The van der Waals surface area contributed by atoms with E-state index in [2.05, 4.69) is 30.9 Å². The first-order chi connectivity index (χ1) is 8.20. The molecule has 2 heterocycles.